The Labute approximate surface area is 83.1 Å². The highest BCUT2D eigenvalue weighted by atomic mass is 79.9. The zero-order chi connectivity index (χ0) is 10.0. The lowest BCUT2D eigenvalue weighted by atomic mass is 10.1. The average molecular weight is 250 g/mol. The van der Waals surface area contributed by atoms with Gasteiger partial charge in [-0.05, 0) is 28.1 Å². The van der Waals surface area contributed by atoms with Crippen LogP contribution in [-0.2, 0) is 0 Å². The van der Waals surface area contributed by atoms with Crippen molar-refractivity contribution in [3.05, 3.63) is 28.0 Å². The van der Waals surface area contributed by atoms with Gasteiger partial charge < -0.3 is 15.9 Å². The second kappa shape index (κ2) is 4.04. The van der Waals surface area contributed by atoms with E-state index < -0.39 is 11.9 Å². The number of aliphatic hydroxyl groups excluding tert-OH is 1. The third kappa shape index (κ3) is 1.99. The molecule has 1 unspecified atom stereocenters. The number of phenolic OH excluding ortho intramolecular Hbond substituents is 1. The molecule has 0 aliphatic rings. The maximum atomic E-state index is 13.1. The van der Waals surface area contributed by atoms with Crippen LogP contribution < -0.4 is 5.73 Å². The van der Waals surface area contributed by atoms with E-state index in [1.807, 2.05) is 0 Å². The van der Waals surface area contributed by atoms with Crippen molar-refractivity contribution in [1.82, 2.24) is 0 Å². The first kappa shape index (κ1) is 10.4. The monoisotopic (exact) mass is 249 g/mol. The van der Waals surface area contributed by atoms with Gasteiger partial charge in [0.15, 0.2) is 0 Å². The minimum atomic E-state index is -1.18. The fraction of sp³-hybridized carbons (Fsp3) is 0.250. The van der Waals surface area contributed by atoms with Crippen molar-refractivity contribution in [1.29, 1.82) is 0 Å². The maximum Gasteiger partial charge on any atom is 0.138 e. The highest BCUT2D eigenvalue weighted by Gasteiger charge is 2.17. The summed E-state index contributed by atoms with van der Waals surface area (Å²) in [7, 11) is 0. The number of rotatable bonds is 2. The van der Waals surface area contributed by atoms with Crippen molar-refractivity contribution >= 4 is 15.9 Å². The molecule has 1 aromatic rings. The predicted molar refractivity (Wildman–Crippen MR) is 49.8 cm³/mol. The van der Waals surface area contributed by atoms with Gasteiger partial charge in [-0.2, -0.15) is 0 Å². The normalized spacial score (nSPS) is 12.9. The first-order valence-corrected chi connectivity index (χ1v) is 4.42. The number of nitrogens with two attached hydrogens (primary N) is 1. The van der Waals surface area contributed by atoms with Crippen LogP contribution in [-0.4, -0.2) is 16.8 Å². The van der Waals surface area contributed by atoms with Crippen LogP contribution in [0.5, 0.6) is 5.75 Å². The summed E-state index contributed by atoms with van der Waals surface area (Å²) >= 11 is 3.01. The SMILES string of the molecule is NCC(O)c1c(F)ccc(Br)c1O. The van der Waals surface area contributed by atoms with Gasteiger partial charge in [0.05, 0.1) is 16.1 Å². The lowest BCUT2D eigenvalue weighted by Gasteiger charge is -2.12. The van der Waals surface area contributed by atoms with Gasteiger partial charge in [0, 0.05) is 6.54 Å². The molecule has 72 valence electrons. The molecule has 0 spiro atoms. The van der Waals surface area contributed by atoms with Gasteiger partial charge in [0.25, 0.3) is 0 Å². The largest absolute Gasteiger partial charge is 0.506 e. The lowest BCUT2D eigenvalue weighted by molar-refractivity contribution is 0.177. The Hall–Kier alpha value is -0.650. The van der Waals surface area contributed by atoms with Crippen LogP contribution in [0.25, 0.3) is 0 Å². The molecule has 4 N–H and O–H groups in total. The summed E-state index contributed by atoms with van der Waals surface area (Å²) in [6, 6.07) is 2.51. The van der Waals surface area contributed by atoms with E-state index in [1.54, 1.807) is 0 Å². The van der Waals surface area contributed by atoms with E-state index in [0.29, 0.717) is 4.47 Å². The van der Waals surface area contributed by atoms with Crippen molar-refractivity contribution in [3.63, 3.8) is 0 Å². The van der Waals surface area contributed by atoms with Gasteiger partial charge in [-0.3, -0.25) is 0 Å². The molecule has 1 aromatic carbocycles. The van der Waals surface area contributed by atoms with E-state index in [2.05, 4.69) is 15.9 Å². The minimum Gasteiger partial charge on any atom is -0.506 e. The van der Waals surface area contributed by atoms with E-state index >= 15 is 0 Å². The van der Waals surface area contributed by atoms with Crippen molar-refractivity contribution in [2.45, 2.75) is 6.10 Å². The number of aliphatic hydroxyl groups is 1. The summed E-state index contributed by atoms with van der Waals surface area (Å²) in [5.74, 6) is -0.975. The minimum absolute atomic E-state index is 0.138. The zero-order valence-electron chi connectivity index (χ0n) is 6.67. The Bertz CT molecular complexity index is 319. The predicted octanol–water partition coefficient (Wildman–Crippen LogP) is 1.29. The van der Waals surface area contributed by atoms with Crippen LogP contribution in [0.3, 0.4) is 0 Å². The molecule has 0 fully saturated rings. The Morgan fingerprint density at radius 3 is 2.69 bits per heavy atom. The molecule has 0 saturated carbocycles. The first-order chi connectivity index (χ1) is 6.07. The van der Waals surface area contributed by atoms with Gasteiger partial charge in [-0.25, -0.2) is 4.39 Å². The second-order valence-electron chi connectivity index (χ2n) is 2.54. The molecular weight excluding hydrogens is 241 g/mol. The number of hydrogen-bond donors (Lipinski definition) is 3. The zero-order valence-corrected chi connectivity index (χ0v) is 8.25. The molecule has 5 heteroatoms. The molecule has 3 nitrogen and oxygen atoms in total. The number of aromatic hydroxyl groups is 1. The standard InChI is InChI=1S/C8H9BrFNO2/c9-4-1-2-5(10)7(8(4)13)6(12)3-11/h1-2,6,12-13H,3,11H2. The Balaban J connectivity index is 3.25. The van der Waals surface area contributed by atoms with E-state index in [-0.39, 0.29) is 17.9 Å². The first-order valence-electron chi connectivity index (χ1n) is 3.63. The third-order valence-electron chi connectivity index (χ3n) is 1.67. The number of hydrogen-bond acceptors (Lipinski definition) is 3. The average Bonchev–Trinajstić information content (AvgIpc) is 2.12. The van der Waals surface area contributed by atoms with Gasteiger partial charge in [0.2, 0.25) is 0 Å². The molecule has 0 bridgehead atoms. The number of benzene rings is 1. The van der Waals surface area contributed by atoms with Gasteiger partial charge in [-0.1, -0.05) is 0 Å². The van der Waals surface area contributed by atoms with Crippen molar-refractivity contribution in [3.8, 4) is 5.75 Å². The molecule has 1 rings (SSSR count). The molecule has 0 aliphatic heterocycles. The smallest absolute Gasteiger partial charge is 0.138 e. The molecule has 0 saturated heterocycles. The summed E-state index contributed by atoms with van der Waals surface area (Å²) in [4.78, 5) is 0. The molecule has 0 heterocycles. The van der Waals surface area contributed by atoms with Crippen molar-refractivity contribution < 1.29 is 14.6 Å². The van der Waals surface area contributed by atoms with E-state index in [1.165, 1.54) is 6.07 Å². The lowest BCUT2D eigenvalue weighted by Crippen LogP contribution is -2.13. The van der Waals surface area contributed by atoms with Crippen LogP contribution >= 0.6 is 15.9 Å². The van der Waals surface area contributed by atoms with E-state index in [4.69, 9.17) is 5.73 Å². The summed E-state index contributed by atoms with van der Waals surface area (Å²) in [5, 5.41) is 18.6. The quantitative estimate of drug-likeness (QED) is 0.740. The van der Waals surface area contributed by atoms with Crippen molar-refractivity contribution in [2.24, 2.45) is 5.73 Å². The topological polar surface area (TPSA) is 66.5 Å². The molecule has 0 amide bonds. The summed E-state index contributed by atoms with van der Waals surface area (Å²) in [6.07, 6.45) is -1.18. The van der Waals surface area contributed by atoms with E-state index in [0.717, 1.165) is 6.07 Å². The third-order valence-corrected chi connectivity index (χ3v) is 2.31. The van der Waals surface area contributed by atoms with Crippen LogP contribution in [0.1, 0.15) is 11.7 Å². The fourth-order valence-corrected chi connectivity index (χ4v) is 1.34. The molecule has 0 aromatic heterocycles. The Morgan fingerprint density at radius 2 is 2.15 bits per heavy atom. The summed E-state index contributed by atoms with van der Waals surface area (Å²) in [6.45, 7) is -0.138. The Kier molecular flexibility index (Phi) is 3.24. The number of phenols is 1. The fourth-order valence-electron chi connectivity index (χ4n) is 0.992. The molecule has 1 atom stereocenters. The molecule has 13 heavy (non-hydrogen) atoms. The summed E-state index contributed by atoms with van der Waals surface area (Å²) in [5.41, 5.74) is 4.98. The van der Waals surface area contributed by atoms with Crippen LogP contribution in [0.4, 0.5) is 4.39 Å². The van der Waals surface area contributed by atoms with E-state index in [9.17, 15) is 14.6 Å². The summed E-state index contributed by atoms with van der Waals surface area (Å²) < 4.78 is 13.4. The molecule has 0 radical (unpaired) electrons. The molecular formula is C8H9BrFNO2. The van der Waals surface area contributed by atoms with Crippen LogP contribution in [0.15, 0.2) is 16.6 Å². The van der Waals surface area contributed by atoms with Crippen LogP contribution in [0, 0.1) is 5.82 Å². The highest BCUT2D eigenvalue weighted by Crippen LogP contribution is 2.33. The van der Waals surface area contributed by atoms with Crippen LogP contribution in [0.2, 0.25) is 0 Å². The second-order valence-corrected chi connectivity index (χ2v) is 3.40. The maximum absolute atomic E-state index is 13.1. The number of halogens is 2. The highest BCUT2D eigenvalue weighted by molar-refractivity contribution is 9.10. The Morgan fingerprint density at radius 1 is 1.54 bits per heavy atom. The van der Waals surface area contributed by atoms with Gasteiger partial charge in [0.1, 0.15) is 11.6 Å². The van der Waals surface area contributed by atoms with Crippen molar-refractivity contribution in [2.75, 3.05) is 6.54 Å². The molecule has 0 aliphatic carbocycles. The van der Waals surface area contributed by atoms with Gasteiger partial charge >= 0.3 is 0 Å². The van der Waals surface area contributed by atoms with Gasteiger partial charge in [-0.15, -0.1) is 0 Å².